The number of piperidine rings is 1. The van der Waals surface area contributed by atoms with Crippen LogP contribution in [0.25, 0.3) is 10.8 Å². The fourth-order valence-corrected chi connectivity index (χ4v) is 3.78. The molecule has 1 heterocycles. The van der Waals surface area contributed by atoms with E-state index in [1.54, 1.807) is 0 Å². The molecule has 27 heavy (non-hydrogen) atoms. The van der Waals surface area contributed by atoms with Crippen molar-refractivity contribution in [2.75, 3.05) is 26.2 Å². The van der Waals surface area contributed by atoms with Gasteiger partial charge in [0.15, 0.2) is 0 Å². The van der Waals surface area contributed by atoms with E-state index in [1.807, 2.05) is 32.0 Å². The molecule has 2 aromatic carbocycles. The SMILES string of the molecule is CCOC(=O)C1CCN(CC(=O)N[C@@H](C)c2cccc3ccccc23)CC1. The van der Waals surface area contributed by atoms with Crippen LogP contribution in [0.5, 0.6) is 0 Å². The van der Waals surface area contributed by atoms with Crippen molar-refractivity contribution in [1.82, 2.24) is 10.2 Å². The van der Waals surface area contributed by atoms with Crippen LogP contribution in [0.4, 0.5) is 0 Å². The van der Waals surface area contributed by atoms with Crippen LogP contribution in [-0.2, 0) is 14.3 Å². The van der Waals surface area contributed by atoms with Crippen LogP contribution in [0, 0.1) is 5.92 Å². The van der Waals surface area contributed by atoms with E-state index < -0.39 is 0 Å². The fraction of sp³-hybridized carbons (Fsp3) is 0.455. The number of fused-ring (bicyclic) bond motifs is 1. The lowest BCUT2D eigenvalue weighted by atomic mass is 9.97. The van der Waals surface area contributed by atoms with E-state index >= 15 is 0 Å². The van der Waals surface area contributed by atoms with E-state index in [9.17, 15) is 9.59 Å². The van der Waals surface area contributed by atoms with Gasteiger partial charge in [-0.05, 0) is 56.1 Å². The molecule has 0 bridgehead atoms. The lowest BCUT2D eigenvalue weighted by Crippen LogP contribution is -2.43. The van der Waals surface area contributed by atoms with Crippen molar-refractivity contribution in [3.05, 3.63) is 48.0 Å². The second-order valence-electron chi connectivity index (χ2n) is 7.16. The number of carbonyl (C=O) groups is 2. The highest BCUT2D eigenvalue weighted by molar-refractivity contribution is 5.87. The van der Waals surface area contributed by atoms with Crippen molar-refractivity contribution in [2.24, 2.45) is 5.92 Å². The second-order valence-corrected chi connectivity index (χ2v) is 7.16. The van der Waals surface area contributed by atoms with E-state index in [0.29, 0.717) is 13.2 Å². The predicted octanol–water partition coefficient (Wildman–Crippen LogP) is 3.29. The Labute approximate surface area is 160 Å². The maximum Gasteiger partial charge on any atom is 0.309 e. The van der Waals surface area contributed by atoms with Crippen LogP contribution in [0.1, 0.15) is 38.3 Å². The first-order chi connectivity index (χ1) is 13.1. The monoisotopic (exact) mass is 368 g/mol. The summed E-state index contributed by atoms with van der Waals surface area (Å²) in [4.78, 5) is 26.4. The van der Waals surface area contributed by atoms with Crippen molar-refractivity contribution in [1.29, 1.82) is 0 Å². The first-order valence-electron chi connectivity index (χ1n) is 9.74. The van der Waals surface area contributed by atoms with E-state index in [0.717, 1.165) is 31.5 Å². The highest BCUT2D eigenvalue weighted by Gasteiger charge is 2.27. The van der Waals surface area contributed by atoms with Crippen molar-refractivity contribution in [3.63, 3.8) is 0 Å². The van der Waals surface area contributed by atoms with Crippen LogP contribution in [0.15, 0.2) is 42.5 Å². The molecule has 5 heteroatoms. The summed E-state index contributed by atoms with van der Waals surface area (Å²) in [6.45, 7) is 6.14. The van der Waals surface area contributed by atoms with Gasteiger partial charge in [-0.3, -0.25) is 14.5 Å². The van der Waals surface area contributed by atoms with Gasteiger partial charge in [-0.2, -0.15) is 0 Å². The number of nitrogens with zero attached hydrogens (tertiary/aromatic N) is 1. The number of amides is 1. The summed E-state index contributed by atoms with van der Waals surface area (Å²) in [6, 6.07) is 14.3. The Morgan fingerprint density at radius 3 is 2.59 bits per heavy atom. The molecule has 0 spiro atoms. The molecular formula is C22H28N2O3. The minimum Gasteiger partial charge on any atom is -0.466 e. The summed E-state index contributed by atoms with van der Waals surface area (Å²) in [5.41, 5.74) is 1.13. The zero-order valence-corrected chi connectivity index (χ0v) is 16.1. The zero-order valence-electron chi connectivity index (χ0n) is 16.1. The summed E-state index contributed by atoms with van der Waals surface area (Å²) < 4.78 is 5.10. The Balaban J connectivity index is 1.53. The molecular weight excluding hydrogens is 340 g/mol. The average molecular weight is 368 g/mol. The van der Waals surface area contributed by atoms with Crippen molar-refractivity contribution in [2.45, 2.75) is 32.7 Å². The summed E-state index contributed by atoms with van der Waals surface area (Å²) in [5.74, 6) is -0.116. The van der Waals surface area contributed by atoms with Crippen molar-refractivity contribution >= 4 is 22.6 Å². The average Bonchev–Trinajstić information content (AvgIpc) is 2.68. The second kappa shape index (κ2) is 9.00. The predicted molar refractivity (Wildman–Crippen MR) is 106 cm³/mol. The highest BCUT2D eigenvalue weighted by atomic mass is 16.5. The molecule has 144 valence electrons. The number of rotatable bonds is 6. The molecule has 5 nitrogen and oxygen atoms in total. The Morgan fingerprint density at radius 1 is 1.15 bits per heavy atom. The smallest absolute Gasteiger partial charge is 0.309 e. The molecule has 0 radical (unpaired) electrons. The molecule has 2 aromatic rings. The van der Waals surface area contributed by atoms with E-state index in [1.165, 1.54) is 10.8 Å². The molecule has 0 aromatic heterocycles. The number of nitrogens with one attached hydrogen (secondary N) is 1. The van der Waals surface area contributed by atoms with Crippen LogP contribution in [0.2, 0.25) is 0 Å². The van der Waals surface area contributed by atoms with Gasteiger partial charge in [0, 0.05) is 0 Å². The maximum atomic E-state index is 12.5. The van der Waals surface area contributed by atoms with Gasteiger partial charge in [0.25, 0.3) is 0 Å². The fourth-order valence-electron chi connectivity index (χ4n) is 3.78. The molecule has 1 aliphatic rings. The molecule has 1 fully saturated rings. The summed E-state index contributed by atoms with van der Waals surface area (Å²) in [6.07, 6.45) is 1.51. The lowest BCUT2D eigenvalue weighted by molar-refractivity contribution is -0.149. The first kappa shape index (κ1) is 19.4. The highest BCUT2D eigenvalue weighted by Crippen LogP contribution is 2.24. The van der Waals surface area contributed by atoms with Gasteiger partial charge >= 0.3 is 5.97 Å². The Hall–Kier alpha value is -2.40. The minimum atomic E-state index is -0.105. The third kappa shape index (κ3) is 4.86. The Bertz CT molecular complexity index is 792. The number of carbonyl (C=O) groups excluding carboxylic acids is 2. The van der Waals surface area contributed by atoms with E-state index in [4.69, 9.17) is 4.74 Å². The topological polar surface area (TPSA) is 58.6 Å². The number of hydrogen-bond acceptors (Lipinski definition) is 4. The largest absolute Gasteiger partial charge is 0.466 e. The van der Waals surface area contributed by atoms with Crippen LogP contribution in [-0.4, -0.2) is 43.0 Å². The van der Waals surface area contributed by atoms with E-state index in [-0.39, 0.29) is 23.8 Å². The zero-order chi connectivity index (χ0) is 19.2. The molecule has 3 rings (SSSR count). The third-order valence-electron chi connectivity index (χ3n) is 5.24. The summed E-state index contributed by atoms with van der Waals surface area (Å²) in [7, 11) is 0. The summed E-state index contributed by atoms with van der Waals surface area (Å²) >= 11 is 0. The van der Waals surface area contributed by atoms with Crippen molar-refractivity contribution in [3.8, 4) is 0 Å². The third-order valence-corrected chi connectivity index (χ3v) is 5.24. The maximum absolute atomic E-state index is 12.5. The number of esters is 1. The Kier molecular flexibility index (Phi) is 6.45. The summed E-state index contributed by atoms with van der Waals surface area (Å²) in [5, 5.41) is 5.47. The number of hydrogen-bond donors (Lipinski definition) is 1. The molecule has 1 aliphatic heterocycles. The van der Waals surface area contributed by atoms with Gasteiger partial charge in [0.05, 0.1) is 25.1 Å². The minimum absolute atomic E-state index is 0.0185. The Morgan fingerprint density at radius 2 is 1.85 bits per heavy atom. The molecule has 0 unspecified atom stereocenters. The quantitative estimate of drug-likeness (QED) is 0.795. The van der Waals surface area contributed by atoms with Crippen molar-refractivity contribution < 1.29 is 14.3 Å². The molecule has 1 N–H and O–H groups in total. The number of benzene rings is 2. The van der Waals surface area contributed by atoms with Crippen LogP contribution < -0.4 is 5.32 Å². The molecule has 0 aliphatic carbocycles. The standard InChI is InChI=1S/C22H28N2O3/c1-3-27-22(26)18-11-13-24(14-12-18)15-21(25)23-16(2)19-10-6-8-17-7-4-5-9-20(17)19/h4-10,16,18H,3,11-15H2,1-2H3,(H,23,25)/t16-/m0/s1. The lowest BCUT2D eigenvalue weighted by Gasteiger charge is -2.30. The molecule has 0 saturated carbocycles. The first-order valence-corrected chi connectivity index (χ1v) is 9.74. The van der Waals surface area contributed by atoms with E-state index in [2.05, 4.69) is 34.5 Å². The molecule has 1 saturated heterocycles. The normalized spacial score (nSPS) is 16.8. The van der Waals surface area contributed by atoms with Gasteiger partial charge in [-0.15, -0.1) is 0 Å². The molecule has 1 atom stereocenters. The van der Waals surface area contributed by atoms with Crippen LogP contribution >= 0.6 is 0 Å². The van der Waals surface area contributed by atoms with Crippen LogP contribution in [0.3, 0.4) is 0 Å². The van der Waals surface area contributed by atoms with Gasteiger partial charge < -0.3 is 10.1 Å². The molecule has 1 amide bonds. The number of likely N-dealkylation sites (tertiary alicyclic amines) is 1. The van der Waals surface area contributed by atoms with Gasteiger partial charge in [0.2, 0.25) is 5.91 Å². The van der Waals surface area contributed by atoms with Gasteiger partial charge in [0.1, 0.15) is 0 Å². The van der Waals surface area contributed by atoms with Gasteiger partial charge in [-0.1, -0.05) is 42.5 Å². The van der Waals surface area contributed by atoms with Gasteiger partial charge in [-0.25, -0.2) is 0 Å². The number of ether oxygens (including phenoxy) is 1.